The smallest absolute Gasteiger partial charge is 0.410 e. The van der Waals surface area contributed by atoms with Crippen LogP contribution in [0.1, 0.15) is 46.3 Å². The number of hydrogen-bond acceptors (Lipinski definition) is 4. The molecular weight excluding hydrogens is 459 g/mol. The second-order valence-corrected chi connectivity index (χ2v) is 7.54. The van der Waals surface area contributed by atoms with Gasteiger partial charge >= 0.3 is 6.09 Å². The topological polar surface area (TPSA) is 79.1 Å². The Kier molecular flexibility index (Phi) is 9.97. The van der Waals surface area contributed by atoms with Gasteiger partial charge in [0.1, 0.15) is 11.4 Å². The molecule has 0 bridgehead atoms. The van der Waals surface area contributed by atoms with Crippen molar-refractivity contribution in [3.05, 3.63) is 24.2 Å². The second-order valence-electron chi connectivity index (χ2n) is 7.54. The quantitative estimate of drug-likeness (QED) is 0.362. The first-order chi connectivity index (χ1) is 12.4. The zero-order valence-electron chi connectivity index (χ0n) is 16.8. The lowest BCUT2D eigenvalue weighted by molar-refractivity contribution is 0.0292. The minimum absolute atomic E-state index is 0. The first-order valence-electron chi connectivity index (χ1n) is 9.42. The first kappa shape index (κ1) is 23.6. The lowest BCUT2D eigenvalue weighted by atomic mass is 10.2. The molecule has 1 aliphatic rings. The van der Waals surface area contributed by atoms with Gasteiger partial charge in [-0.15, -0.1) is 24.0 Å². The average molecular weight is 492 g/mol. The van der Waals surface area contributed by atoms with Crippen molar-refractivity contribution < 1.29 is 13.9 Å². The SMILES string of the molecule is CCCN=C(NCCc1ccco1)NC1CCN(C(=O)OC(C)(C)C)C1.I. The van der Waals surface area contributed by atoms with Gasteiger partial charge in [-0.2, -0.15) is 0 Å². The van der Waals surface area contributed by atoms with Crippen LogP contribution in [0.2, 0.25) is 0 Å². The van der Waals surface area contributed by atoms with Gasteiger partial charge in [-0.1, -0.05) is 6.92 Å². The van der Waals surface area contributed by atoms with Gasteiger partial charge in [0.05, 0.1) is 6.26 Å². The van der Waals surface area contributed by atoms with Gasteiger partial charge in [-0.3, -0.25) is 4.99 Å². The molecule has 0 saturated carbocycles. The molecule has 8 heteroatoms. The molecule has 2 rings (SSSR count). The molecule has 1 fully saturated rings. The number of furan rings is 1. The minimum Gasteiger partial charge on any atom is -0.469 e. The Balaban J connectivity index is 0.00000364. The maximum Gasteiger partial charge on any atom is 0.410 e. The fourth-order valence-electron chi connectivity index (χ4n) is 2.70. The number of nitrogens with one attached hydrogen (secondary N) is 2. The van der Waals surface area contributed by atoms with E-state index in [1.165, 1.54) is 0 Å². The Morgan fingerprint density at radius 2 is 2.22 bits per heavy atom. The summed E-state index contributed by atoms with van der Waals surface area (Å²) in [5.74, 6) is 1.73. The van der Waals surface area contributed by atoms with Crippen LogP contribution in [0.4, 0.5) is 4.79 Å². The van der Waals surface area contributed by atoms with Crippen molar-refractivity contribution in [2.75, 3.05) is 26.2 Å². The van der Waals surface area contributed by atoms with E-state index in [0.29, 0.717) is 13.1 Å². The highest BCUT2D eigenvalue weighted by molar-refractivity contribution is 14.0. The van der Waals surface area contributed by atoms with E-state index < -0.39 is 5.60 Å². The van der Waals surface area contributed by atoms with Crippen molar-refractivity contribution in [2.45, 2.75) is 58.6 Å². The van der Waals surface area contributed by atoms with Crippen LogP contribution in [0.3, 0.4) is 0 Å². The largest absolute Gasteiger partial charge is 0.469 e. The standard InChI is InChI=1S/C19H32N4O3.HI/c1-5-10-20-17(21-11-8-16-7-6-13-25-16)22-15-9-12-23(14-15)18(24)26-19(2,3)4;/h6-7,13,15H,5,8-12,14H2,1-4H3,(H2,20,21,22);1H. The van der Waals surface area contributed by atoms with E-state index >= 15 is 0 Å². The molecule has 7 nitrogen and oxygen atoms in total. The first-order valence-corrected chi connectivity index (χ1v) is 9.42. The predicted molar refractivity (Wildman–Crippen MR) is 118 cm³/mol. The number of rotatable bonds is 6. The maximum absolute atomic E-state index is 12.2. The number of halogens is 1. The van der Waals surface area contributed by atoms with Crippen molar-refractivity contribution in [1.29, 1.82) is 0 Å². The van der Waals surface area contributed by atoms with E-state index in [4.69, 9.17) is 9.15 Å². The van der Waals surface area contributed by atoms with Crippen LogP contribution in [-0.4, -0.2) is 54.8 Å². The summed E-state index contributed by atoms with van der Waals surface area (Å²) >= 11 is 0. The third-order valence-electron chi connectivity index (χ3n) is 3.92. The molecule has 1 aromatic rings. The van der Waals surface area contributed by atoms with E-state index in [1.54, 1.807) is 11.2 Å². The Hall–Kier alpha value is -1.45. The number of amides is 1. The number of carbonyl (C=O) groups is 1. The summed E-state index contributed by atoms with van der Waals surface area (Å²) < 4.78 is 10.8. The molecule has 0 radical (unpaired) electrons. The molecule has 1 unspecified atom stereocenters. The minimum atomic E-state index is -0.469. The van der Waals surface area contributed by atoms with Crippen LogP contribution in [0.5, 0.6) is 0 Å². The average Bonchev–Trinajstić information content (AvgIpc) is 3.22. The van der Waals surface area contributed by atoms with Crippen molar-refractivity contribution in [2.24, 2.45) is 4.99 Å². The zero-order valence-corrected chi connectivity index (χ0v) is 19.1. The second kappa shape index (κ2) is 11.4. The van der Waals surface area contributed by atoms with Gasteiger partial charge in [0.25, 0.3) is 0 Å². The van der Waals surface area contributed by atoms with E-state index in [1.807, 2.05) is 32.9 Å². The fraction of sp³-hybridized carbons (Fsp3) is 0.684. The molecule has 1 amide bonds. The van der Waals surface area contributed by atoms with Gasteiger partial charge in [0.2, 0.25) is 0 Å². The van der Waals surface area contributed by atoms with Crippen molar-refractivity contribution in [3.63, 3.8) is 0 Å². The summed E-state index contributed by atoms with van der Waals surface area (Å²) in [5.41, 5.74) is -0.469. The predicted octanol–water partition coefficient (Wildman–Crippen LogP) is 3.39. The van der Waals surface area contributed by atoms with Crippen LogP contribution in [0.15, 0.2) is 27.8 Å². The molecule has 1 aromatic heterocycles. The van der Waals surface area contributed by atoms with E-state index in [2.05, 4.69) is 22.5 Å². The summed E-state index contributed by atoms with van der Waals surface area (Å²) in [6, 6.07) is 4.03. The Morgan fingerprint density at radius 1 is 1.44 bits per heavy atom. The zero-order chi connectivity index (χ0) is 19.0. The maximum atomic E-state index is 12.2. The van der Waals surface area contributed by atoms with Crippen LogP contribution in [-0.2, 0) is 11.2 Å². The fourth-order valence-corrected chi connectivity index (χ4v) is 2.70. The molecule has 0 spiro atoms. The normalized spacial score (nSPS) is 17.4. The molecule has 27 heavy (non-hydrogen) atoms. The summed E-state index contributed by atoms with van der Waals surface area (Å²) in [6.07, 6.45) is 4.10. The summed E-state index contributed by atoms with van der Waals surface area (Å²) in [7, 11) is 0. The number of likely N-dealkylation sites (tertiary alicyclic amines) is 1. The van der Waals surface area contributed by atoms with Gasteiger partial charge in [0.15, 0.2) is 5.96 Å². The molecule has 1 atom stereocenters. The number of hydrogen-bond donors (Lipinski definition) is 2. The van der Waals surface area contributed by atoms with E-state index in [0.717, 1.165) is 44.1 Å². The summed E-state index contributed by atoms with van der Waals surface area (Å²) in [6.45, 7) is 10.6. The molecular formula is C19H33IN4O3. The number of aliphatic imine (C=N–C) groups is 1. The number of guanidine groups is 1. The van der Waals surface area contributed by atoms with Crippen molar-refractivity contribution >= 4 is 36.0 Å². The van der Waals surface area contributed by atoms with Crippen LogP contribution in [0, 0.1) is 0 Å². The third-order valence-corrected chi connectivity index (χ3v) is 3.92. The monoisotopic (exact) mass is 492 g/mol. The third kappa shape index (κ3) is 8.85. The molecule has 154 valence electrons. The van der Waals surface area contributed by atoms with Gasteiger partial charge in [-0.05, 0) is 45.7 Å². The highest BCUT2D eigenvalue weighted by Gasteiger charge is 2.30. The lowest BCUT2D eigenvalue weighted by Crippen LogP contribution is -2.46. The van der Waals surface area contributed by atoms with Gasteiger partial charge < -0.3 is 24.7 Å². The molecule has 1 saturated heterocycles. The Bertz CT molecular complexity index is 584. The number of carbonyl (C=O) groups excluding carboxylic acids is 1. The highest BCUT2D eigenvalue weighted by Crippen LogP contribution is 2.15. The number of nitrogens with zero attached hydrogens (tertiary/aromatic N) is 2. The van der Waals surface area contributed by atoms with Gasteiger partial charge in [-0.25, -0.2) is 4.79 Å². The molecule has 2 N–H and O–H groups in total. The summed E-state index contributed by atoms with van der Waals surface area (Å²) in [5, 5.41) is 6.78. The van der Waals surface area contributed by atoms with E-state index in [9.17, 15) is 4.79 Å². The molecule has 1 aliphatic heterocycles. The van der Waals surface area contributed by atoms with Crippen LogP contribution in [0.25, 0.3) is 0 Å². The summed E-state index contributed by atoms with van der Waals surface area (Å²) in [4.78, 5) is 18.5. The molecule has 0 aliphatic carbocycles. The van der Waals surface area contributed by atoms with Crippen LogP contribution >= 0.6 is 24.0 Å². The molecule has 2 heterocycles. The molecule has 0 aromatic carbocycles. The number of ether oxygens (including phenoxy) is 1. The lowest BCUT2D eigenvalue weighted by Gasteiger charge is -2.24. The van der Waals surface area contributed by atoms with Crippen LogP contribution < -0.4 is 10.6 Å². The van der Waals surface area contributed by atoms with Gasteiger partial charge in [0, 0.05) is 38.6 Å². The van der Waals surface area contributed by atoms with Crippen molar-refractivity contribution in [1.82, 2.24) is 15.5 Å². The van der Waals surface area contributed by atoms with Crippen molar-refractivity contribution in [3.8, 4) is 0 Å². The Morgan fingerprint density at radius 3 is 2.85 bits per heavy atom. The highest BCUT2D eigenvalue weighted by atomic mass is 127. The Labute approximate surface area is 179 Å². The van der Waals surface area contributed by atoms with E-state index in [-0.39, 0.29) is 36.1 Å².